The number of rotatable bonds is 8. The Bertz CT molecular complexity index is 1360. The number of likely N-dealkylation sites (N-methyl/N-ethyl adjacent to an activating group) is 1. The van der Waals surface area contributed by atoms with Crippen LogP contribution in [0.25, 0.3) is 11.0 Å². The summed E-state index contributed by atoms with van der Waals surface area (Å²) in [6.45, 7) is 4.55. The monoisotopic (exact) mass is 478 g/mol. The highest BCUT2D eigenvalue weighted by molar-refractivity contribution is 6.10. The van der Waals surface area contributed by atoms with Gasteiger partial charge in [-0.05, 0) is 48.9 Å². The molecule has 1 atom stereocenters. The number of carbonyl (C=O) groups excluding carboxylic acids is 1. The molecule has 2 N–H and O–H groups in total. The standard InChI is InChI=1S/C29H30N6O/c1-34-15-17-35(18-16-34)26-12-11-24-25(20-32-29(24)33-26)28(36)27(23-5-3-2-4-6-23)31-14-13-21-7-9-22(19-30)10-8-21/h2-12,20,27,31H,13-18H2,1H3,(H,32,33)/t27-/m0/s1. The molecule has 0 unspecified atom stereocenters. The first-order valence-electron chi connectivity index (χ1n) is 12.4. The third-order valence-corrected chi connectivity index (χ3v) is 6.86. The van der Waals surface area contributed by atoms with Gasteiger partial charge >= 0.3 is 0 Å². The average molecular weight is 479 g/mol. The maximum absolute atomic E-state index is 13.8. The smallest absolute Gasteiger partial charge is 0.186 e. The quantitative estimate of drug-likeness (QED) is 0.373. The summed E-state index contributed by atoms with van der Waals surface area (Å²) in [5.74, 6) is 0.957. The van der Waals surface area contributed by atoms with Crippen molar-refractivity contribution in [3.63, 3.8) is 0 Å². The van der Waals surface area contributed by atoms with Crippen molar-refractivity contribution in [2.45, 2.75) is 12.5 Å². The van der Waals surface area contributed by atoms with E-state index in [0.29, 0.717) is 17.7 Å². The highest BCUT2D eigenvalue weighted by Crippen LogP contribution is 2.26. The number of nitrogens with one attached hydrogen (secondary N) is 2. The van der Waals surface area contributed by atoms with Gasteiger partial charge in [-0.15, -0.1) is 0 Å². The van der Waals surface area contributed by atoms with E-state index in [4.69, 9.17) is 10.2 Å². The van der Waals surface area contributed by atoms with E-state index in [-0.39, 0.29) is 5.78 Å². The number of nitriles is 1. The molecule has 0 bridgehead atoms. The van der Waals surface area contributed by atoms with Gasteiger partial charge in [0.05, 0.1) is 17.7 Å². The molecule has 1 aliphatic rings. The van der Waals surface area contributed by atoms with Gasteiger partial charge in [-0.1, -0.05) is 42.5 Å². The van der Waals surface area contributed by atoms with Gasteiger partial charge < -0.3 is 20.1 Å². The number of anilines is 1. The normalized spacial score (nSPS) is 15.1. The molecule has 5 rings (SSSR count). The lowest BCUT2D eigenvalue weighted by atomic mass is 9.97. The summed E-state index contributed by atoms with van der Waals surface area (Å²) in [5.41, 5.74) is 4.07. The maximum atomic E-state index is 13.8. The van der Waals surface area contributed by atoms with Crippen molar-refractivity contribution < 1.29 is 4.79 Å². The predicted molar refractivity (Wildman–Crippen MR) is 142 cm³/mol. The van der Waals surface area contributed by atoms with Crippen molar-refractivity contribution in [3.05, 3.63) is 95.2 Å². The number of piperazine rings is 1. The van der Waals surface area contributed by atoms with Crippen LogP contribution in [0.15, 0.2) is 72.9 Å². The molecular formula is C29H30N6O. The molecule has 1 fully saturated rings. The predicted octanol–water partition coefficient (Wildman–Crippen LogP) is 3.94. The first kappa shape index (κ1) is 23.7. The summed E-state index contributed by atoms with van der Waals surface area (Å²) in [4.78, 5) is 26.5. The van der Waals surface area contributed by atoms with Crippen LogP contribution < -0.4 is 10.2 Å². The molecule has 1 aliphatic heterocycles. The first-order valence-corrected chi connectivity index (χ1v) is 12.4. The minimum atomic E-state index is -0.471. The van der Waals surface area contributed by atoms with E-state index in [0.717, 1.165) is 60.6 Å². The van der Waals surface area contributed by atoms with Gasteiger partial charge in [0.25, 0.3) is 0 Å². The van der Waals surface area contributed by atoms with Crippen LogP contribution in [0.5, 0.6) is 0 Å². The largest absolute Gasteiger partial charge is 0.354 e. The van der Waals surface area contributed by atoms with Crippen LogP contribution in [-0.4, -0.2) is 60.4 Å². The van der Waals surface area contributed by atoms with Crippen molar-refractivity contribution >= 4 is 22.6 Å². The second-order valence-electron chi connectivity index (χ2n) is 9.28. The Balaban J connectivity index is 1.35. The number of H-pyrrole nitrogens is 1. The Morgan fingerprint density at radius 1 is 1.06 bits per heavy atom. The van der Waals surface area contributed by atoms with E-state index in [1.54, 1.807) is 6.20 Å². The molecule has 4 aromatic rings. The number of aromatic nitrogens is 2. The van der Waals surface area contributed by atoms with Crippen molar-refractivity contribution in [3.8, 4) is 6.07 Å². The third-order valence-electron chi connectivity index (χ3n) is 6.86. The Labute approximate surface area is 211 Å². The molecule has 0 aliphatic carbocycles. The molecule has 1 saturated heterocycles. The Hall–Kier alpha value is -3.99. The highest BCUT2D eigenvalue weighted by atomic mass is 16.1. The highest BCUT2D eigenvalue weighted by Gasteiger charge is 2.25. The van der Waals surface area contributed by atoms with Crippen molar-refractivity contribution in [2.75, 3.05) is 44.7 Å². The zero-order chi connectivity index (χ0) is 24.9. The van der Waals surface area contributed by atoms with Crippen LogP contribution in [0.2, 0.25) is 0 Å². The number of pyridine rings is 1. The molecule has 0 spiro atoms. The molecule has 182 valence electrons. The maximum Gasteiger partial charge on any atom is 0.186 e. The van der Waals surface area contributed by atoms with Gasteiger partial charge in [-0.25, -0.2) is 4.98 Å². The van der Waals surface area contributed by atoms with Crippen LogP contribution in [0.3, 0.4) is 0 Å². The van der Waals surface area contributed by atoms with Crippen LogP contribution in [0.4, 0.5) is 5.82 Å². The van der Waals surface area contributed by atoms with Gasteiger partial charge in [-0.2, -0.15) is 5.26 Å². The zero-order valence-electron chi connectivity index (χ0n) is 20.4. The fraction of sp³-hybridized carbons (Fsp3) is 0.276. The Morgan fingerprint density at radius 3 is 2.53 bits per heavy atom. The number of hydrogen-bond donors (Lipinski definition) is 2. The minimum absolute atomic E-state index is 0.0152. The summed E-state index contributed by atoms with van der Waals surface area (Å²) in [5, 5.41) is 13.3. The number of nitrogens with zero attached hydrogens (tertiary/aromatic N) is 4. The SMILES string of the molecule is CN1CCN(c2ccc3c(C(=O)[C@@H](NCCc4ccc(C#N)cc4)c4ccccc4)c[nH]c3n2)CC1. The third kappa shape index (κ3) is 5.15. The second kappa shape index (κ2) is 10.7. The van der Waals surface area contributed by atoms with Gasteiger partial charge in [-0.3, -0.25) is 4.79 Å². The number of aromatic amines is 1. The molecule has 2 aromatic carbocycles. The lowest BCUT2D eigenvalue weighted by Crippen LogP contribution is -2.44. The van der Waals surface area contributed by atoms with Gasteiger partial charge in [0.1, 0.15) is 11.5 Å². The van der Waals surface area contributed by atoms with E-state index in [2.05, 4.69) is 33.2 Å². The van der Waals surface area contributed by atoms with E-state index >= 15 is 0 Å². The number of Topliss-reactive ketones (excluding diaryl/α,β-unsaturated/α-hetero) is 1. The first-order chi connectivity index (χ1) is 17.6. The van der Waals surface area contributed by atoms with Gasteiger partial charge in [0.2, 0.25) is 0 Å². The summed E-state index contributed by atoms with van der Waals surface area (Å²) in [6.07, 6.45) is 2.54. The van der Waals surface area contributed by atoms with Crippen LogP contribution in [0, 0.1) is 11.3 Å². The summed E-state index contributed by atoms with van der Waals surface area (Å²) in [6, 6.07) is 23.1. The second-order valence-corrected chi connectivity index (χ2v) is 9.28. The number of benzene rings is 2. The fourth-order valence-corrected chi connectivity index (χ4v) is 4.68. The molecule has 7 heteroatoms. The minimum Gasteiger partial charge on any atom is -0.354 e. The number of hydrogen-bond acceptors (Lipinski definition) is 6. The van der Waals surface area contributed by atoms with Crippen LogP contribution in [-0.2, 0) is 6.42 Å². The van der Waals surface area contributed by atoms with E-state index < -0.39 is 6.04 Å². The molecule has 0 radical (unpaired) electrons. The molecular weight excluding hydrogens is 448 g/mol. The number of carbonyl (C=O) groups is 1. The molecule has 2 aromatic heterocycles. The van der Waals surface area contributed by atoms with E-state index in [1.165, 1.54) is 0 Å². The summed E-state index contributed by atoms with van der Waals surface area (Å²) >= 11 is 0. The lowest BCUT2D eigenvalue weighted by Gasteiger charge is -2.33. The Morgan fingerprint density at radius 2 is 1.81 bits per heavy atom. The molecule has 3 heterocycles. The summed E-state index contributed by atoms with van der Waals surface area (Å²) < 4.78 is 0. The van der Waals surface area contributed by atoms with Crippen LogP contribution in [0.1, 0.15) is 33.1 Å². The number of ketones is 1. The molecule has 7 nitrogen and oxygen atoms in total. The number of fused-ring (bicyclic) bond motifs is 1. The topological polar surface area (TPSA) is 88.0 Å². The lowest BCUT2D eigenvalue weighted by molar-refractivity contribution is 0.0945. The van der Waals surface area contributed by atoms with Crippen molar-refractivity contribution in [2.24, 2.45) is 0 Å². The van der Waals surface area contributed by atoms with Gasteiger partial charge in [0.15, 0.2) is 5.78 Å². The van der Waals surface area contributed by atoms with Crippen molar-refractivity contribution in [1.82, 2.24) is 20.2 Å². The van der Waals surface area contributed by atoms with Crippen molar-refractivity contribution in [1.29, 1.82) is 5.26 Å². The zero-order valence-corrected chi connectivity index (χ0v) is 20.4. The van der Waals surface area contributed by atoms with Gasteiger partial charge in [0, 0.05) is 49.9 Å². The van der Waals surface area contributed by atoms with Crippen LogP contribution >= 0.6 is 0 Å². The fourth-order valence-electron chi connectivity index (χ4n) is 4.68. The molecule has 36 heavy (non-hydrogen) atoms. The Kier molecular flexibility index (Phi) is 7.08. The van der Waals surface area contributed by atoms with E-state index in [1.807, 2.05) is 66.7 Å². The van der Waals surface area contributed by atoms with E-state index in [9.17, 15) is 4.79 Å². The summed E-state index contributed by atoms with van der Waals surface area (Å²) in [7, 11) is 2.14. The molecule has 0 amide bonds. The average Bonchev–Trinajstić information content (AvgIpc) is 3.35. The molecule has 0 saturated carbocycles.